The maximum Gasteiger partial charge on any atom is 0.418 e. The maximum atomic E-state index is 13.1. The van der Waals surface area contributed by atoms with Gasteiger partial charge in [0.25, 0.3) is 0 Å². The number of carbonyl (C=O) groups excluding carboxylic acids is 1. The van der Waals surface area contributed by atoms with E-state index in [1.807, 2.05) is 13.0 Å². The molecule has 0 saturated carbocycles. The Kier molecular flexibility index (Phi) is 5.12. The number of amides is 1. The third-order valence-electron chi connectivity index (χ3n) is 4.82. The van der Waals surface area contributed by atoms with E-state index in [0.717, 1.165) is 17.2 Å². The molecule has 5 nitrogen and oxygen atoms in total. The van der Waals surface area contributed by atoms with Crippen molar-refractivity contribution < 1.29 is 23.1 Å². The van der Waals surface area contributed by atoms with E-state index in [1.165, 1.54) is 18.2 Å². The molecule has 27 heavy (non-hydrogen) atoms. The van der Waals surface area contributed by atoms with Crippen LogP contribution in [0, 0.1) is 13.8 Å². The van der Waals surface area contributed by atoms with Crippen LogP contribution in [0.1, 0.15) is 34.7 Å². The predicted molar refractivity (Wildman–Crippen MR) is 95.1 cm³/mol. The first-order valence-electron chi connectivity index (χ1n) is 8.45. The minimum Gasteiger partial charge on any atom is -0.507 e. The third-order valence-corrected chi connectivity index (χ3v) is 4.82. The smallest absolute Gasteiger partial charge is 0.418 e. The normalized spacial score (nSPS) is 19.9. The predicted octanol–water partition coefficient (Wildman–Crippen LogP) is 3.57. The largest absolute Gasteiger partial charge is 0.507 e. The van der Waals surface area contributed by atoms with E-state index in [2.05, 4.69) is 16.2 Å². The molecule has 144 valence electrons. The molecule has 1 heterocycles. The molecule has 1 aliphatic heterocycles. The number of phenolic OH excluding ortho intramolecular Hbond substituents is 1. The number of nitrogens with one attached hydrogen (secondary N) is 3. The lowest BCUT2D eigenvalue weighted by atomic mass is 9.96. The fourth-order valence-electron chi connectivity index (χ4n) is 3.09. The van der Waals surface area contributed by atoms with Crippen molar-refractivity contribution in [3.8, 4) is 5.75 Å². The minimum atomic E-state index is -4.56. The van der Waals surface area contributed by atoms with Gasteiger partial charge in [0.1, 0.15) is 11.8 Å². The summed E-state index contributed by atoms with van der Waals surface area (Å²) in [5, 5.41) is 12.7. The summed E-state index contributed by atoms with van der Waals surface area (Å²) in [6.07, 6.45) is -4.27. The molecule has 1 saturated heterocycles. The molecule has 4 N–H and O–H groups in total. The van der Waals surface area contributed by atoms with E-state index in [0.29, 0.717) is 5.56 Å². The van der Waals surface area contributed by atoms with Crippen LogP contribution in [-0.2, 0) is 11.0 Å². The minimum absolute atomic E-state index is 0.151. The van der Waals surface area contributed by atoms with Gasteiger partial charge in [-0.1, -0.05) is 24.3 Å². The van der Waals surface area contributed by atoms with Gasteiger partial charge in [-0.2, -0.15) is 13.2 Å². The standard InChI is InChI=1S/C19H20F3N3O2/c1-10-7-8-12(17(26)11(10)2)15-9-16(25-24-15)18(27)23-14-6-4-3-5-13(14)19(20,21)22/h3-8,15-16,24-26H,9H2,1-2H3,(H,23,27). The molecule has 0 radical (unpaired) electrons. The Morgan fingerprint density at radius 2 is 1.85 bits per heavy atom. The number of carbonyl (C=O) groups is 1. The number of para-hydroxylation sites is 1. The summed E-state index contributed by atoms with van der Waals surface area (Å²) in [7, 11) is 0. The zero-order valence-corrected chi connectivity index (χ0v) is 14.8. The summed E-state index contributed by atoms with van der Waals surface area (Å²) in [6, 6.07) is 7.42. The van der Waals surface area contributed by atoms with Crippen LogP contribution >= 0.6 is 0 Å². The van der Waals surface area contributed by atoms with Gasteiger partial charge in [0.15, 0.2) is 0 Å². The summed E-state index contributed by atoms with van der Waals surface area (Å²) in [4.78, 5) is 12.4. The number of alkyl halides is 3. The lowest BCUT2D eigenvalue weighted by molar-refractivity contribution is -0.137. The zero-order chi connectivity index (χ0) is 19.8. The number of hydrogen-bond donors (Lipinski definition) is 4. The number of benzene rings is 2. The lowest BCUT2D eigenvalue weighted by Crippen LogP contribution is -2.39. The highest BCUT2D eigenvalue weighted by atomic mass is 19.4. The molecule has 0 aromatic heterocycles. The van der Waals surface area contributed by atoms with Gasteiger partial charge in [-0.25, -0.2) is 10.9 Å². The van der Waals surface area contributed by atoms with E-state index in [1.54, 1.807) is 13.0 Å². The molecule has 3 rings (SSSR count). The number of phenols is 1. The summed E-state index contributed by atoms with van der Waals surface area (Å²) < 4.78 is 39.2. The van der Waals surface area contributed by atoms with E-state index < -0.39 is 23.7 Å². The molecule has 1 fully saturated rings. The SMILES string of the molecule is Cc1ccc(C2CC(C(=O)Nc3ccccc3C(F)(F)F)NN2)c(O)c1C. The first kappa shape index (κ1) is 19.2. The number of hydrazine groups is 1. The van der Waals surface area contributed by atoms with Crippen LogP contribution in [0.2, 0.25) is 0 Å². The van der Waals surface area contributed by atoms with Crippen molar-refractivity contribution in [1.29, 1.82) is 0 Å². The number of anilines is 1. The first-order chi connectivity index (χ1) is 12.7. The van der Waals surface area contributed by atoms with Gasteiger partial charge in [-0.3, -0.25) is 4.79 Å². The van der Waals surface area contributed by atoms with E-state index >= 15 is 0 Å². The van der Waals surface area contributed by atoms with Gasteiger partial charge in [0.05, 0.1) is 17.3 Å². The molecule has 2 aromatic carbocycles. The van der Waals surface area contributed by atoms with Gasteiger partial charge in [-0.05, 0) is 43.5 Å². The molecule has 0 aliphatic carbocycles. The summed E-state index contributed by atoms with van der Waals surface area (Å²) in [6.45, 7) is 3.68. The van der Waals surface area contributed by atoms with Gasteiger partial charge >= 0.3 is 6.18 Å². The molecule has 1 amide bonds. The molecule has 2 unspecified atom stereocenters. The average Bonchev–Trinajstić information content (AvgIpc) is 3.09. The Hall–Kier alpha value is -2.58. The van der Waals surface area contributed by atoms with Crippen molar-refractivity contribution in [2.24, 2.45) is 0 Å². The molecular formula is C19H20F3N3O2. The Morgan fingerprint density at radius 3 is 2.56 bits per heavy atom. The van der Waals surface area contributed by atoms with Crippen LogP contribution < -0.4 is 16.2 Å². The Labute approximate surface area is 154 Å². The number of hydrogen-bond acceptors (Lipinski definition) is 4. The van der Waals surface area contributed by atoms with Crippen LogP contribution in [0.25, 0.3) is 0 Å². The van der Waals surface area contributed by atoms with Crippen molar-refractivity contribution in [2.45, 2.75) is 38.5 Å². The van der Waals surface area contributed by atoms with Crippen molar-refractivity contribution in [3.05, 3.63) is 58.7 Å². The molecular weight excluding hydrogens is 359 g/mol. The second-order valence-corrected chi connectivity index (χ2v) is 6.61. The Bertz CT molecular complexity index is 868. The molecule has 8 heteroatoms. The lowest BCUT2D eigenvalue weighted by Gasteiger charge is -2.16. The quantitative estimate of drug-likeness (QED) is 0.658. The fourth-order valence-corrected chi connectivity index (χ4v) is 3.09. The topological polar surface area (TPSA) is 73.4 Å². The van der Waals surface area contributed by atoms with E-state index in [4.69, 9.17) is 0 Å². The average molecular weight is 379 g/mol. The van der Waals surface area contributed by atoms with Gasteiger partial charge < -0.3 is 10.4 Å². The summed E-state index contributed by atoms with van der Waals surface area (Å²) in [5.74, 6) is -0.428. The summed E-state index contributed by atoms with van der Waals surface area (Å²) >= 11 is 0. The van der Waals surface area contributed by atoms with Crippen molar-refractivity contribution in [1.82, 2.24) is 10.9 Å². The highest BCUT2D eigenvalue weighted by Gasteiger charge is 2.36. The number of rotatable bonds is 3. The van der Waals surface area contributed by atoms with E-state index in [-0.39, 0.29) is 23.9 Å². The van der Waals surface area contributed by atoms with Gasteiger partial charge in [0.2, 0.25) is 5.91 Å². The molecule has 2 atom stereocenters. The monoisotopic (exact) mass is 379 g/mol. The van der Waals surface area contributed by atoms with Crippen molar-refractivity contribution in [2.75, 3.05) is 5.32 Å². The Morgan fingerprint density at radius 1 is 1.15 bits per heavy atom. The second-order valence-electron chi connectivity index (χ2n) is 6.61. The first-order valence-corrected chi connectivity index (χ1v) is 8.45. The number of aromatic hydroxyl groups is 1. The van der Waals surface area contributed by atoms with Crippen LogP contribution in [0.5, 0.6) is 5.75 Å². The van der Waals surface area contributed by atoms with Crippen molar-refractivity contribution in [3.63, 3.8) is 0 Å². The maximum absolute atomic E-state index is 13.1. The highest BCUT2D eigenvalue weighted by molar-refractivity contribution is 5.95. The molecule has 1 aliphatic rings. The van der Waals surface area contributed by atoms with Crippen LogP contribution in [-0.4, -0.2) is 17.1 Å². The summed E-state index contributed by atoms with van der Waals surface area (Å²) in [5.41, 5.74) is 6.87. The molecule has 0 spiro atoms. The van der Waals surface area contributed by atoms with E-state index in [9.17, 15) is 23.1 Å². The zero-order valence-electron chi connectivity index (χ0n) is 14.8. The number of halogens is 3. The van der Waals surface area contributed by atoms with Crippen LogP contribution in [0.3, 0.4) is 0 Å². The van der Waals surface area contributed by atoms with Crippen LogP contribution in [0.4, 0.5) is 18.9 Å². The van der Waals surface area contributed by atoms with Gasteiger partial charge in [-0.15, -0.1) is 0 Å². The fraction of sp³-hybridized carbons (Fsp3) is 0.316. The van der Waals surface area contributed by atoms with Crippen molar-refractivity contribution >= 4 is 11.6 Å². The number of aryl methyl sites for hydroxylation is 1. The molecule has 2 aromatic rings. The third kappa shape index (κ3) is 3.91. The molecule has 0 bridgehead atoms. The van der Waals surface area contributed by atoms with Crippen LogP contribution in [0.15, 0.2) is 36.4 Å². The highest BCUT2D eigenvalue weighted by Crippen LogP contribution is 2.36. The second kappa shape index (κ2) is 7.21. The Balaban J connectivity index is 1.73. The van der Waals surface area contributed by atoms with Gasteiger partial charge in [0, 0.05) is 5.56 Å².